The Labute approximate surface area is 130 Å². The van der Waals surface area contributed by atoms with Crippen molar-refractivity contribution in [2.75, 3.05) is 24.2 Å². The van der Waals surface area contributed by atoms with E-state index in [-0.39, 0.29) is 24.1 Å². The molecule has 0 saturated carbocycles. The first-order valence-electron chi connectivity index (χ1n) is 7.25. The topological polar surface area (TPSA) is 90.3 Å². The van der Waals surface area contributed by atoms with E-state index in [4.69, 9.17) is 5.26 Å². The number of nitrogens with one attached hydrogen (secondary N) is 1. The molecule has 1 N–H and O–H groups in total. The number of amides is 1. The summed E-state index contributed by atoms with van der Waals surface area (Å²) < 4.78 is 25.3. The van der Waals surface area contributed by atoms with Crippen LogP contribution in [0.5, 0.6) is 0 Å². The van der Waals surface area contributed by atoms with Crippen LogP contribution in [-0.4, -0.2) is 37.5 Å². The minimum Gasteiger partial charge on any atom is -0.325 e. The van der Waals surface area contributed by atoms with Crippen molar-refractivity contribution < 1.29 is 13.2 Å². The lowest BCUT2D eigenvalue weighted by atomic mass is 9.98. The number of anilines is 1. The zero-order valence-corrected chi connectivity index (χ0v) is 13.3. The first kappa shape index (κ1) is 16.5. The molecule has 1 amide bonds. The smallest absolute Gasteiger partial charge is 0.228 e. The van der Waals surface area contributed by atoms with Crippen molar-refractivity contribution >= 4 is 21.6 Å². The van der Waals surface area contributed by atoms with E-state index in [1.807, 2.05) is 6.07 Å². The summed E-state index contributed by atoms with van der Waals surface area (Å²) >= 11 is 0. The zero-order valence-electron chi connectivity index (χ0n) is 12.4. The van der Waals surface area contributed by atoms with Crippen LogP contribution in [-0.2, 0) is 14.8 Å². The maximum atomic E-state index is 12.4. The van der Waals surface area contributed by atoms with Crippen molar-refractivity contribution in [1.29, 1.82) is 5.26 Å². The van der Waals surface area contributed by atoms with Gasteiger partial charge in [0, 0.05) is 13.1 Å². The maximum absolute atomic E-state index is 12.4. The van der Waals surface area contributed by atoms with E-state index in [0.29, 0.717) is 30.6 Å². The van der Waals surface area contributed by atoms with Crippen molar-refractivity contribution in [3.63, 3.8) is 0 Å². The Bertz CT molecular complexity index is 694. The van der Waals surface area contributed by atoms with Crippen molar-refractivity contribution in [2.45, 2.75) is 19.8 Å². The van der Waals surface area contributed by atoms with Gasteiger partial charge in [0.2, 0.25) is 15.9 Å². The van der Waals surface area contributed by atoms with Gasteiger partial charge in [-0.25, -0.2) is 12.7 Å². The SMILES string of the molecule is CCS(=O)(=O)N1CCC[C@H](C(=O)Nc2ccccc2C#N)C1. The molecular weight excluding hydrogens is 302 g/mol. The highest BCUT2D eigenvalue weighted by Gasteiger charge is 2.31. The Morgan fingerprint density at radius 1 is 1.45 bits per heavy atom. The molecule has 1 aromatic rings. The number of para-hydroxylation sites is 1. The molecule has 1 aliphatic heterocycles. The predicted octanol–water partition coefficient (Wildman–Crippen LogP) is 1.56. The standard InChI is InChI=1S/C15H19N3O3S/c1-2-22(20,21)18-9-5-7-13(11-18)15(19)17-14-8-4-3-6-12(14)10-16/h3-4,6,8,13H,2,5,7,9,11H2,1H3,(H,17,19)/t13-/m0/s1. The number of sulfonamides is 1. The lowest BCUT2D eigenvalue weighted by molar-refractivity contribution is -0.120. The fourth-order valence-electron chi connectivity index (χ4n) is 2.52. The van der Waals surface area contributed by atoms with Crippen molar-refractivity contribution in [2.24, 2.45) is 5.92 Å². The third-order valence-electron chi connectivity index (χ3n) is 3.82. The fraction of sp³-hybridized carbons (Fsp3) is 0.467. The highest BCUT2D eigenvalue weighted by Crippen LogP contribution is 2.22. The average molecular weight is 321 g/mol. The van der Waals surface area contributed by atoms with Gasteiger partial charge in [0.05, 0.1) is 22.9 Å². The van der Waals surface area contributed by atoms with Crippen LogP contribution in [0.25, 0.3) is 0 Å². The molecule has 0 unspecified atom stereocenters. The summed E-state index contributed by atoms with van der Waals surface area (Å²) in [6.45, 7) is 2.27. The largest absolute Gasteiger partial charge is 0.325 e. The zero-order chi connectivity index (χ0) is 16.2. The van der Waals surface area contributed by atoms with Crippen LogP contribution in [0.3, 0.4) is 0 Å². The molecule has 118 valence electrons. The Morgan fingerprint density at radius 2 is 2.18 bits per heavy atom. The molecule has 0 aromatic heterocycles. The first-order chi connectivity index (χ1) is 10.5. The van der Waals surface area contributed by atoms with Gasteiger partial charge in [0.25, 0.3) is 0 Å². The molecule has 0 bridgehead atoms. The van der Waals surface area contributed by atoms with E-state index in [1.165, 1.54) is 4.31 Å². The van der Waals surface area contributed by atoms with E-state index < -0.39 is 10.0 Å². The number of benzene rings is 1. The minimum atomic E-state index is -3.27. The molecule has 6 nitrogen and oxygen atoms in total. The summed E-state index contributed by atoms with van der Waals surface area (Å²) in [4.78, 5) is 12.4. The van der Waals surface area contributed by atoms with Gasteiger partial charge < -0.3 is 5.32 Å². The van der Waals surface area contributed by atoms with Gasteiger partial charge in [-0.05, 0) is 31.9 Å². The van der Waals surface area contributed by atoms with Crippen molar-refractivity contribution in [3.05, 3.63) is 29.8 Å². The van der Waals surface area contributed by atoms with E-state index in [9.17, 15) is 13.2 Å². The quantitative estimate of drug-likeness (QED) is 0.911. The molecule has 22 heavy (non-hydrogen) atoms. The van der Waals surface area contributed by atoms with Gasteiger partial charge in [-0.3, -0.25) is 4.79 Å². The number of hydrogen-bond donors (Lipinski definition) is 1. The molecule has 7 heteroatoms. The summed E-state index contributed by atoms with van der Waals surface area (Å²) in [5.74, 6) is -0.584. The summed E-state index contributed by atoms with van der Waals surface area (Å²) in [6, 6.07) is 8.79. The first-order valence-corrected chi connectivity index (χ1v) is 8.86. The van der Waals surface area contributed by atoms with Crippen LogP contribution < -0.4 is 5.32 Å². The van der Waals surface area contributed by atoms with Gasteiger partial charge in [-0.15, -0.1) is 0 Å². The number of carbonyl (C=O) groups excluding carboxylic acids is 1. The molecule has 1 aliphatic rings. The van der Waals surface area contributed by atoms with E-state index in [0.717, 1.165) is 0 Å². The summed E-state index contributed by atoms with van der Waals surface area (Å²) in [5, 5.41) is 11.8. The van der Waals surface area contributed by atoms with Gasteiger partial charge in [-0.2, -0.15) is 5.26 Å². The molecule has 1 atom stereocenters. The van der Waals surface area contributed by atoms with Crippen LogP contribution in [0, 0.1) is 17.2 Å². The Morgan fingerprint density at radius 3 is 2.86 bits per heavy atom. The molecule has 0 spiro atoms. The monoisotopic (exact) mass is 321 g/mol. The number of nitriles is 1. The van der Waals surface area contributed by atoms with E-state index >= 15 is 0 Å². The van der Waals surface area contributed by atoms with Crippen LogP contribution in [0.4, 0.5) is 5.69 Å². The van der Waals surface area contributed by atoms with Crippen LogP contribution >= 0.6 is 0 Å². The second-order valence-electron chi connectivity index (χ2n) is 5.24. The molecule has 1 aromatic carbocycles. The molecule has 0 radical (unpaired) electrons. The van der Waals surface area contributed by atoms with E-state index in [1.54, 1.807) is 31.2 Å². The third kappa shape index (κ3) is 3.64. The van der Waals surface area contributed by atoms with Gasteiger partial charge in [0.1, 0.15) is 6.07 Å². The summed E-state index contributed by atoms with van der Waals surface area (Å²) in [5.41, 5.74) is 0.857. The second-order valence-corrected chi connectivity index (χ2v) is 7.50. The second kappa shape index (κ2) is 6.90. The summed E-state index contributed by atoms with van der Waals surface area (Å²) in [6.07, 6.45) is 1.31. The van der Waals surface area contributed by atoms with Gasteiger partial charge >= 0.3 is 0 Å². The van der Waals surface area contributed by atoms with Gasteiger partial charge in [0.15, 0.2) is 0 Å². The third-order valence-corrected chi connectivity index (χ3v) is 5.67. The van der Waals surface area contributed by atoms with Gasteiger partial charge in [-0.1, -0.05) is 12.1 Å². The Hall–Kier alpha value is -1.91. The van der Waals surface area contributed by atoms with Crippen LogP contribution in [0.1, 0.15) is 25.3 Å². The van der Waals surface area contributed by atoms with Crippen molar-refractivity contribution in [1.82, 2.24) is 4.31 Å². The molecule has 1 fully saturated rings. The molecule has 1 heterocycles. The number of nitrogens with zero attached hydrogens (tertiary/aromatic N) is 2. The normalized spacial score (nSPS) is 19.4. The van der Waals surface area contributed by atoms with Crippen LogP contribution in [0.2, 0.25) is 0 Å². The lowest BCUT2D eigenvalue weighted by Gasteiger charge is -2.30. The molecule has 0 aliphatic carbocycles. The summed E-state index contributed by atoms with van der Waals surface area (Å²) in [7, 11) is -3.27. The Kier molecular flexibility index (Phi) is 5.16. The highest BCUT2D eigenvalue weighted by atomic mass is 32.2. The predicted molar refractivity (Wildman–Crippen MR) is 83.5 cm³/mol. The lowest BCUT2D eigenvalue weighted by Crippen LogP contribution is -2.44. The average Bonchev–Trinajstić information content (AvgIpc) is 2.55. The highest BCUT2D eigenvalue weighted by molar-refractivity contribution is 7.89. The van der Waals surface area contributed by atoms with E-state index in [2.05, 4.69) is 5.32 Å². The van der Waals surface area contributed by atoms with Crippen LogP contribution in [0.15, 0.2) is 24.3 Å². The number of carbonyl (C=O) groups is 1. The molecule has 1 saturated heterocycles. The maximum Gasteiger partial charge on any atom is 0.228 e. The molecular formula is C15H19N3O3S. The van der Waals surface area contributed by atoms with Crippen molar-refractivity contribution in [3.8, 4) is 6.07 Å². The molecule has 2 rings (SSSR count). The number of rotatable bonds is 4. The minimum absolute atomic E-state index is 0.0403. The Balaban J connectivity index is 2.08. The number of hydrogen-bond acceptors (Lipinski definition) is 4. The number of piperidine rings is 1. The fourth-order valence-corrected chi connectivity index (χ4v) is 3.70.